The van der Waals surface area contributed by atoms with Crippen molar-refractivity contribution in [3.05, 3.63) is 53.6 Å². The first-order valence-corrected chi connectivity index (χ1v) is 6.20. The van der Waals surface area contributed by atoms with E-state index in [-0.39, 0.29) is 0 Å². The van der Waals surface area contributed by atoms with Crippen LogP contribution < -0.4 is 10.5 Å². The Hall–Kier alpha value is -1.96. The van der Waals surface area contributed by atoms with E-state index in [9.17, 15) is 0 Å². The Morgan fingerprint density at radius 2 is 1.83 bits per heavy atom. The summed E-state index contributed by atoms with van der Waals surface area (Å²) in [6.07, 6.45) is 0. The molecule has 2 N–H and O–H groups in total. The maximum absolute atomic E-state index is 5.84. The zero-order valence-electron chi connectivity index (χ0n) is 11.1. The number of benzene rings is 2. The van der Waals surface area contributed by atoms with Gasteiger partial charge in [-0.1, -0.05) is 32.0 Å². The van der Waals surface area contributed by atoms with Crippen LogP contribution >= 0.6 is 0 Å². The quantitative estimate of drug-likeness (QED) is 0.803. The number of anilines is 1. The third-order valence-electron chi connectivity index (χ3n) is 2.95. The number of hydrogen-bond acceptors (Lipinski definition) is 2. The smallest absolute Gasteiger partial charge is 0.130 e. The van der Waals surface area contributed by atoms with E-state index in [0.717, 1.165) is 17.1 Å². The van der Waals surface area contributed by atoms with Gasteiger partial charge in [-0.3, -0.25) is 0 Å². The van der Waals surface area contributed by atoms with Crippen LogP contribution in [0.25, 0.3) is 0 Å². The molecule has 0 fully saturated rings. The van der Waals surface area contributed by atoms with Crippen molar-refractivity contribution >= 4 is 5.69 Å². The Labute approximate surface area is 108 Å². The maximum atomic E-state index is 5.84. The zero-order valence-corrected chi connectivity index (χ0v) is 11.1. The van der Waals surface area contributed by atoms with Crippen LogP contribution in [0.5, 0.6) is 11.5 Å². The summed E-state index contributed by atoms with van der Waals surface area (Å²) in [5, 5.41) is 0. The van der Waals surface area contributed by atoms with Crippen molar-refractivity contribution < 1.29 is 4.74 Å². The van der Waals surface area contributed by atoms with Crippen LogP contribution in [-0.2, 0) is 0 Å². The van der Waals surface area contributed by atoms with E-state index in [2.05, 4.69) is 32.9 Å². The van der Waals surface area contributed by atoms with Gasteiger partial charge in [-0.2, -0.15) is 0 Å². The predicted octanol–water partition coefficient (Wildman–Crippen LogP) is 4.49. The Kier molecular flexibility index (Phi) is 3.56. The van der Waals surface area contributed by atoms with Crippen molar-refractivity contribution in [3.8, 4) is 11.5 Å². The number of nitrogen functional groups attached to an aromatic ring is 1. The Morgan fingerprint density at radius 1 is 1.06 bits per heavy atom. The van der Waals surface area contributed by atoms with Gasteiger partial charge in [0.15, 0.2) is 0 Å². The van der Waals surface area contributed by atoms with Crippen molar-refractivity contribution in [3.63, 3.8) is 0 Å². The molecule has 0 saturated heterocycles. The van der Waals surface area contributed by atoms with Crippen LogP contribution in [-0.4, -0.2) is 0 Å². The van der Waals surface area contributed by atoms with Crippen LogP contribution in [0.1, 0.15) is 30.9 Å². The molecule has 2 rings (SSSR count). The molecule has 0 amide bonds. The molecule has 0 aromatic heterocycles. The summed E-state index contributed by atoms with van der Waals surface area (Å²) in [6.45, 7) is 6.44. The molecule has 2 aromatic carbocycles. The standard InChI is InChI=1S/C16H19NO/c1-11(2)13-7-8-16(12(3)9-13)18-15-6-4-5-14(17)10-15/h4-11H,17H2,1-3H3. The lowest BCUT2D eigenvalue weighted by molar-refractivity contribution is 0.479. The van der Waals surface area contributed by atoms with Gasteiger partial charge >= 0.3 is 0 Å². The third kappa shape index (κ3) is 2.83. The molecule has 0 unspecified atom stereocenters. The molecule has 94 valence electrons. The average molecular weight is 241 g/mol. The van der Waals surface area contributed by atoms with E-state index >= 15 is 0 Å². The first-order valence-electron chi connectivity index (χ1n) is 6.20. The maximum Gasteiger partial charge on any atom is 0.130 e. The Morgan fingerprint density at radius 3 is 2.44 bits per heavy atom. The summed E-state index contributed by atoms with van der Waals surface area (Å²) in [5.41, 5.74) is 8.91. The minimum atomic E-state index is 0.533. The van der Waals surface area contributed by atoms with E-state index in [1.54, 1.807) is 0 Å². The van der Waals surface area contributed by atoms with E-state index in [1.165, 1.54) is 5.56 Å². The highest BCUT2D eigenvalue weighted by atomic mass is 16.5. The molecule has 0 saturated carbocycles. The molecule has 0 atom stereocenters. The van der Waals surface area contributed by atoms with Crippen LogP contribution in [0.3, 0.4) is 0 Å². The summed E-state index contributed by atoms with van der Waals surface area (Å²) < 4.78 is 5.84. The number of nitrogens with two attached hydrogens (primary N) is 1. The molecule has 18 heavy (non-hydrogen) atoms. The normalized spacial score (nSPS) is 10.7. The molecule has 0 bridgehead atoms. The first kappa shape index (κ1) is 12.5. The average Bonchev–Trinajstić information content (AvgIpc) is 2.31. The lowest BCUT2D eigenvalue weighted by Gasteiger charge is -2.12. The minimum Gasteiger partial charge on any atom is -0.457 e. The minimum absolute atomic E-state index is 0.533. The second kappa shape index (κ2) is 5.13. The summed E-state index contributed by atoms with van der Waals surface area (Å²) in [5.74, 6) is 2.19. The second-order valence-corrected chi connectivity index (χ2v) is 4.85. The van der Waals surface area contributed by atoms with Gasteiger partial charge in [0.05, 0.1) is 0 Å². The molecule has 0 aliphatic rings. The fraction of sp³-hybridized carbons (Fsp3) is 0.250. The molecule has 2 nitrogen and oxygen atoms in total. The monoisotopic (exact) mass is 241 g/mol. The van der Waals surface area contributed by atoms with Gasteiger partial charge in [-0.05, 0) is 42.2 Å². The van der Waals surface area contributed by atoms with Crippen molar-refractivity contribution in [2.24, 2.45) is 0 Å². The highest BCUT2D eigenvalue weighted by Gasteiger charge is 2.05. The van der Waals surface area contributed by atoms with Crippen LogP contribution in [0, 0.1) is 6.92 Å². The van der Waals surface area contributed by atoms with Gasteiger partial charge in [-0.25, -0.2) is 0 Å². The van der Waals surface area contributed by atoms with E-state index < -0.39 is 0 Å². The fourth-order valence-corrected chi connectivity index (χ4v) is 1.85. The number of ether oxygens (including phenoxy) is 1. The van der Waals surface area contributed by atoms with Crippen molar-refractivity contribution in [1.82, 2.24) is 0 Å². The third-order valence-corrected chi connectivity index (χ3v) is 2.95. The Bertz CT molecular complexity index is 547. The van der Waals surface area contributed by atoms with Crippen molar-refractivity contribution in [2.45, 2.75) is 26.7 Å². The van der Waals surface area contributed by atoms with E-state index in [1.807, 2.05) is 30.3 Å². The highest BCUT2D eigenvalue weighted by molar-refractivity contribution is 5.46. The van der Waals surface area contributed by atoms with Crippen LogP contribution in [0.4, 0.5) is 5.69 Å². The molecular weight excluding hydrogens is 222 g/mol. The van der Waals surface area contributed by atoms with Crippen LogP contribution in [0.15, 0.2) is 42.5 Å². The molecule has 0 aliphatic heterocycles. The van der Waals surface area contributed by atoms with Crippen LogP contribution in [0.2, 0.25) is 0 Å². The van der Waals surface area contributed by atoms with Gasteiger partial charge in [0, 0.05) is 11.8 Å². The number of rotatable bonds is 3. The molecular formula is C16H19NO. The summed E-state index contributed by atoms with van der Waals surface area (Å²) in [4.78, 5) is 0. The number of aryl methyl sites for hydroxylation is 1. The molecule has 0 radical (unpaired) electrons. The lowest BCUT2D eigenvalue weighted by Crippen LogP contribution is -1.92. The van der Waals surface area contributed by atoms with Gasteiger partial charge in [0.1, 0.15) is 11.5 Å². The molecule has 0 spiro atoms. The SMILES string of the molecule is Cc1cc(C(C)C)ccc1Oc1cccc(N)c1. The van der Waals surface area contributed by atoms with Gasteiger partial charge in [-0.15, -0.1) is 0 Å². The highest BCUT2D eigenvalue weighted by Crippen LogP contribution is 2.28. The Balaban J connectivity index is 2.24. The zero-order chi connectivity index (χ0) is 13.1. The van der Waals surface area contributed by atoms with E-state index in [4.69, 9.17) is 10.5 Å². The van der Waals surface area contributed by atoms with Gasteiger partial charge in [0.25, 0.3) is 0 Å². The largest absolute Gasteiger partial charge is 0.457 e. The molecule has 2 heteroatoms. The second-order valence-electron chi connectivity index (χ2n) is 4.85. The first-order chi connectivity index (χ1) is 8.56. The molecule has 2 aromatic rings. The summed E-state index contributed by atoms with van der Waals surface area (Å²) in [6, 6.07) is 13.8. The van der Waals surface area contributed by atoms with E-state index in [0.29, 0.717) is 11.6 Å². The van der Waals surface area contributed by atoms with Crippen molar-refractivity contribution in [2.75, 3.05) is 5.73 Å². The topological polar surface area (TPSA) is 35.2 Å². The van der Waals surface area contributed by atoms with Gasteiger partial charge < -0.3 is 10.5 Å². The molecule has 0 heterocycles. The predicted molar refractivity (Wildman–Crippen MR) is 76.2 cm³/mol. The fourth-order valence-electron chi connectivity index (χ4n) is 1.85. The lowest BCUT2D eigenvalue weighted by atomic mass is 10.0. The summed E-state index contributed by atoms with van der Waals surface area (Å²) >= 11 is 0. The number of hydrogen-bond donors (Lipinski definition) is 1. The van der Waals surface area contributed by atoms with Crippen molar-refractivity contribution in [1.29, 1.82) is 0 Å². The molecule has 0 aliphatic carbocycles. The summed E-state index contributed by atoms with van der Waals surface area (Å²) in [7, 11) is 0. The van der Waals surface area contributed by atoms with Gasteiger partial charge in [0.2, 0.25) is 0 Å².